The van der Waals surface area contributed by atoms with Gasteiger partial charge in [0, 0.05) is 34.7 Å². The van der Waals surface area contributed by atoms with Crippen LogP contribution in [0.25, 0.3) is 6.08 Å². The molecular formula is C25H25ClN2O5S. The van der Waals surface area contributed by atoms with Gasteiger partial charge in [-0.05, 0) is 48.0 Å². The molecule has 3 rings (SSSR count). The largest absolute Gasteiger partial charge is 0.493 e. The van der Waals surface area contributed by atoms with Crippen molar-refractivity contribution in [2.45, 2.75) is 5.75 Å². The summed E-state index contributed by atoms with van der Waals surface area (Å²) in [4.78, 5) is 25.7. The second-order valence-corrected chi connectivity index (χ2v) is 8.57. The molecule has 1 aromatic heterocycles. The van der Waals surface area contributed by atoms with Gasteiger partial charge in [-0.15, -0.1) is 0 Å². The molecule has 0 aliphatic carbocycles. The van der Waals surface area contributed by atoms with E-state index >= 15 is 0 Å². The maximum Gasteiger partial charge on any atom is 0.267 e. The molecule has 0 saturated carbocycles. The normalized spacial score (nSPS) is 11.1. The van der Waals surface area contributed by atoms with Crippen molar-refractivity contribution in [1.82, 2.24) is 10.6 Å². The molecule has 0 atom stereocenters. The van der Waals surface area contributed by atoms with E-state index in [9.17, 15) is 9.59 Å². The minimum absolute atomic E-state index is 0.0671. The zero-order valence-corrected chi connectivity index (χ0v) is 20.4. The zero-order valence-electron chi connectivity index (χ0n) is 18.8. The maximum absolute atomic E-state index is 12.8. The molecule has 0 fully saturated rings. The molecule has 2 amide bonds. The Morgan fingerprint density at radius 1 is 1.06 bits per heavy atom. The van der Waals surface area contributed by atoms with Crippen LogP contribution in [0.15, 0.2) is 71.0 Å². The number of benzene rings is 2. The number of carbonyl (C=O) groups excluding carboxylic acids is 2. The molecule has 3 aromatic rings. The van der Waals surface area contributed by atoms with Gasteiger partial charge in [0.05, 0.1) is 20.5 Å². The summed E-state index contributed by atoms with van der Waals surface area (Å²) >= 11 is 7.59. The highest BCUT2D eigenvalue weighted by atomic mass is 35.5. The molecule has 0 unspecified atom stereocenters. The molecule has 9 heteroatoms. The number of amides is 2. The summed E-state index contributed by atoms with van der Waals surface area (Å²) in [5.74, 6) is 1.97. The Balaban J connectivity index is 1.61. The molecule has 1 heterocycles. The fraction of sp³-hybridized carbons (Fsp3) is 0.200. The minimum atomic E-state index is -0.467. The van der Waals surface area contributed by atoms with E-state index in [0.29, 0.717) is 40.1 Å². The molecule has 0 radical (unpaired) electrons. The smallest absolute Gasteiger partial charge is 0.267 e. The van der Waals surface area contributed by atoms with Crippen LogP contribution >= 0.6 is 23.4 Å². The van der Waals surface area contributed by atoms with Gasteiger partial charge in [0.25, 0.3) is 11.8 Å². The van der Waals surface area contributed by atoms with E-state index in [4.69, 9.17) is 25.5 Å². The maximum atomic E-state index is 12.8. The summed E-state index contributed by atoms with van der Waals surface area (Å²) in [5.41, 5.74) is 1.54. The Kier molecular flexibility index (Phi) is 9.49. The van der Waals surface area contributed by atoms with Crippen LogP contribution < -0.4 is 20.1 Å². The van der Waals surface area contributed by atoms with E-state index in [1.54, 1.807) is 42.1 Å². The third-order valence-corrected chi connectivity index (χ3v) is 5.96. The Bertz CT molecular complexity index is 1130. The number of carbonyl (C=O) groups is 2. The molecule has 178 valence electrons. The highest BCUT2D eigenvalue weighted by Crippen LogP contribution is 2.27. The number of ether oxygens (including phenoxy) is 2. The summed E-state index contributed by atoms with van der Waals surface area (Å²) < 4.78 is 15.8. The van der Waals surface area contributed by atoms with Crippen molar-refractivity contribution >= 4 is 41.3 Å². The van der Waals surface area contributed by atoms with Gasteiger partial charge in [0.2, 0.25) is 0 Å². The van der Waals surface area contributed by atoms with Gasteiger partial charge in [-0.25, -0.2) is 0 Å². The average Bonchev–Trinajstić information content (AvgIpc) is 3.37. The number of rotatable bonds is 11. The fourth-order valence-corrected chi connectivity index (χ4v) is 3.89. The van der Waals surface area contributed by atoms with Crippen molar-refractivity contribution in [3.8, 4) is 11.5 Å². The first-order valence-corrected chi connectivity index (χ1v) is 11.9. The van der Waals surface area contributed by atoms with Crippen molar-refractivity contribution in [1.29, 1.82) is 0 Å². The molecule has 0 bridgehead atoms. The van der Waals surface area contributed by atoms with Crippen molar-refractivity contribution in [3.63, 3.8) is 0 Å². The van der Waals surface area contributed by atoms with Crippen LogP contribution in [0.5, 0.6) is 11.5 Å². The van der Waals surface area contributed by atoms with Crippen LogP contribution in [0.4, 0.5) is 0 Å². The summed E-state index contributed by atoms with van der Waals surface area (Å²) in [6.07, 6.45) is 2.97. The second-order valence-electron chi connectivity index (χ2n) is 7.03. The summed E-state index contributed by atoms with van der Waals surface area (Å²) in [5, 5.41) is 6.21. The molecule has 0 aliphatic rings. The van der Waals surface area contributed by atoms with Crippen LogP contribution in [0.2, 0.25) is 5.02 Å². The number of thioether (sulfide) groups is 1. The lowest BCUT2D eigenvalue weighted by molar-refractivity contribution is -0.117. The van der Waals surface area contributed by atoms with E-state index in [0.717, 1.165) is 11.3 Å². The van der Waals surface area contributed by atoms with Gasteiger partial charge in [0.1, 0.15) is 11.5 Å². The first kappa shape index (κ1) is 25.3. The minimum Gasteiger partial charge on any atom is -0.493 e. The first-order valence-electron chi connectivity index (χ1n) is 10.4. The van der Waals surface area contributed by atoms with E-state index in [-0.39, 0.29) is 5.70 Å². The summed E-state index contributed by atoms with van der Waals surface area (Å²) in [6.45, 7) is 0.429. The number of hydrogen-bond acceptors (Lipinski definition) is 6. The SMILES string of the molecule is COc1ccc(C(=O)N/C(=C\c2ccco2)C(=O)NCCSCc2ccc(Cl)cc2)cc1OC. The van der Waals surface area contributed by atoms with Crippen LogP contribution in [-0.4, -0.2) is 38.3 Å². The lowest BCUT2D eigenvalue weighted by Crippen LogP contribution is -2.35. The highest BCUT2D eigenvalue weighted by molar-refractivity contribution is 7.98. The number of furan rings is 1. The molecule has 0 spiro atoms. The molecule has 34 heavy (non-hydrogen) atoms. The summed E-state index contributed by atoms with van der Waals surface area (Å²) in [6, 6.07) is 15.8. The van der Waals surface area contributed by atoms with Gasteiger partial charge in [0.15, 0.2) is 11.5 Å². The Hall–Kier alpha value is -3.36. The Labute approximate surface area is 207 Å². The molecule has 2 aromatic carbocycles. The van der Waals surface area contributed by atoms with Crippen molar-refractivity contribution in [2.75, 3.05) is 26.5 Å². The van der Waals surface area contributed by atoms with Crippen molar-refractivity contribution < 1.29 is 23.5 Å². The van der Waals surface area contributed by atoms with E-state index in [1.165, 1.54) is 26.6 Å². The third kappa shape index (κ3) is 7.33. The van der Waals surface area contributed by atoms with E-state index < -0.39 is 11.8 Å². The quantitative estimate of drug-likeness (QED) is 0.291. The van der Waals surface area contributed by atoms with Crippen molar-refractivity contribution in [2.24, 2.45) is 0 Å². The van der Waals surface area contributed by atoms with Crippen LogP contribution in [0.1, 0.15) is 21.7 Å². The topological polar surface area (TPSA) is 89.8 Å². The molecule has 0 saturated heterocycles. The predicted molar refractivity (Wildman–Crippen MR) is 134 cm³/mol. The van der Waals surface area contributed by atoms with E-state index in [1.807, 2.05) is 24.3 Å². The number of nitrogens with one attached hydrogen (secondary N) is 2. The lowest BCUT2D eigenvalue weighted by Gasteiger charge is -2.12. The van der Waals surface area contributed by atoms with E-state index in [2.05, 4.69) is 10.6 Å². The highest BCUT2D eigenvalue weighted by Gasteiger charge is 2.17. The average molecular weight is 501 g/mol. The first-order chi connectivity index (χ1) is 16.5. The molecule has 2 N–H and O–H groups in total. The molecule has 0 aliphatic heterocycles. The predicted octanol–water partition coefficient (Wildman–Crippen LogP) is 4.77. The van der Waals surface area contributed by atoms with Crippen LogP contribution in [-0.2, 0) is 10.5 Å². The van der Waals surface area contributed by atoms with Gasteiger partial charge < -0.3 is 24.5 Å². The number of hydrogen-bond donors (Lipinski definition) is 2. The molecule has 7 nitrogen and oxygen atoms in total. The standard InChI is InChI=1S/C25H25ClN2O5S/c1-31-22-10-7-18(14-23(22)32-2)24(29)28-21(15-20-4-3-12-33-20)25(30)27-11-13-34-16-17-5-8-19(26)9-6-17/h3-10,12,14-15H,11,13,16H2,1-2H3,(H,27,30)(H,28,29)/b21-15-. The van der Waals surface area contributed by atoms with Crippen LogP contribution in [0.3, 0.4) is 0 Å². The third-order valence-electron chi connectivity index (χ3n) is 4.68. The Morgan fingerprint density at radius 3 is 2.50 bits per heavy atom. The van der Waals surface area contributed by atoms with Gasteiger partial charge >= 0.3 is 0 Å². The molecular weight excluding hydrogens is 476 g/mol. The fourth-order valence-electron chi connectivity index (χ4n) is 2.95. The van der Waals surface area contributed by atoms with Gasteiger partial charge in [-0.1, -0.05) is 23.7 Å². The monoisotopic (exact) mass is 500 g/mol. The van der Waals surface area contributed by atoms with Crippen molar-refractivity contribution in [3.05, 3.63) is 88.5 Å². The van der Waals surface area contributed by atoms with Gasteiger partial charge in [-0.2, -0.15) is 11.8 Å². The van der Waals surface area contributed by atoms with Gasteiger partial charge in [-0.3, -0.25) is 9.59 Å². The summed E-state index contributed by atoms with van der Waals surface area (Å²) in [7, 11) is 3.00. The second kappa shape index (κ2) is 12.8. The Morgan fingerprint density at radius 2 is 1.82 bits per heavy atom. The number of methoxy groups -OCH3 is 2. The lowest BCUT2D eigenvalue weighted by atomic mass is 10.1. The van der Waals surface area contributed by atoms with Crippen LogP contribution in [0, 0.1) is 0 Å². The number of halogens is 1. The zero-order chi connectivity index (χ0) is 24.3.